The Morgan fingerprint density at radius 1 is 0.947 bits per heavy atom. The van der Waals surface area contributed by atoms with E-state index in [4.69, 9.17) is 18.0 Å². The first kappa shape index (κ1) is 15.4. The molecule has 0 bridgehead atoms. The van der Waals surface area contributed by atoms with E-state index in [9.17, 15) is 0 Å². The normalized spacial score (nSPS) is 30.2. The van der Waals surface area contributed by atoms with E-state index in [-0.39, 0.29) is 0 Å². The molecule has 3 atom stereocenters. The van der Waals surface area contributed by atoms with Crippen LogP contribution in [0.15, 0.2) is 0 Å². The summed E-state index contributed by atoms with van der Waals surface area (Å²) in [6.07, 6.45) is 6.04. The molecular weight excluding hydrogens is 260 g/mol. The van der Waals surface area contributed by atoms with Crippen LogP contribution in [0.3, 0.4) is 0 Å². The van der Waals surface area contributed by atoms with Crippen molar-refractivity contribution < 1.29 is 18.0 Å². The van der Waals surface area contributed by atoms with Crippen molar-refractivity contribution in [2.75, 3.05) is 19.8 Å². The van der Waals surface area contributed by atoms with Gasteiger partial charge in [-0.25, -0.2) is 0 Å². The van der Waals surface area contributed by atoms with E-state index in [1.54, 1.807) is 0 Å². The Hall–Kier alpha value is 0.0569. The highest BCUT2D eigenvalue weighted by Gasteiger charge is 2.46. The molecule has 1 aliphatic carbocycles. The van der Waals surface area contributed by atoms with Gasteiger partial charge in [0.05, 0.1) is 12.2 Å². The molecule has 1 saturated carbocycles. The summed E-state index contributed by atoms with van der Waals surface area (Å²) in [6, 6.07) is 0.949. The number of hydrogen-bond donors (Lipinski definition) is 0. The maximum atomic E-state index is 5.90. The molecular formula is C14H28O4Si. The topological polar surface area (TPSA) is 40.2 Å². The van der Waals surface area contributed by atoms with Gasteiger partial charge in [0.2, 0.25) is 0 Å². The first-order valence-electron chi connectivity index (χ1n) is 7.80. The van der Waals surface area contributed by atoms with Crippen molar-refractivity contribution in [2.45, 2.75) is 64.7 Å². The second-order valence-electron chi connectivity index (χ2n) is 5.41. The number of rotatable bonds is 9. The predicted octanol–water partition coefficient (Wildman–Crippen LogP) is 2.99. The summed E-state index contributed by atoms with van der Waals surface area (Å²) < 4.78 is 23.3. The molecule has 2 rings (SSSR count). The fraction of sp³-hybridized carbons (Fsp3) is 1.00. The highest BCUT2D eigenvalue weighted by Crippen LogP contribution is 2.41. The molecule has 1 saturated heterocycles. The number of ether oxygens (including phenoxy) is 1. The van der Waals surface area contributed by atoms with Gasteiger partial charge in [-0.3, -0.25) is 0 Å². The Labute approximate surface area is 118 Å². The Morgan fingerprint density at radius 2 is 1.58 bits per heavy atom. The van der Waals surface area contributed by atoms with Gasteiger partial charge in [0.1, 0.15) is 0 Å². The molecule has 19 heavy (non-hydrogen) atoms. The quantitative estimate of drug-likeness (QED) is 0.483. The Bertz CT molecular complexity index is 257. The summed E-state index contributed by atoms with van der Waals surface area (Å²) in [5.41, 5.74) is 0. The van der Waals surface area contributed by atoms with Crippen molar-refractivity contribution in [1.29, 1.82) is 0 Å². The zero-order chi connectivity index (χ0) is 13.7. The fourth-order valence-corrected chi connectivity index (χ4v) is 5.90. The summed E-state index contributed by atoms with van der Waals surface area (Å²) in [5.74, 6) is 0.761. The number of fused-ring (bicyclic) bond motifs is 1. The smallest absolute Gasteiger partial charge is 0.374 e. The monoisotopic (exact) mass is 288 g/mol. The van der Waals surface area contributed by atoms with Crippen LogP contribution in [0.2, 0.25) is 6.04 Å². The minimum Gasteiger partial charge on any atom is -0.374 e. The van der Waals surface area contributed by atoms with Crippen molar-refractivity contribution in [3.63, 3.8) is 0 Å². The summed E-state index contributed by atoms with van der Waals surface area (Å²) in [5, 5.41) is 0. The van der Waals surface area contributed by atoms with Crippen LogP contribution in [0.4, 0.5) is 0 Å². The summed E-state index contributed by atoms with van der Waals surface area (Å²) >= 11 is 0. The van der Waals surface area contributed by atoms with Crippen molar-refractivity contribution in [3.05, 3.63) is 0 Å². The van der Waals surface area contributed by atoms with E-state index in [1.165, 1.54) is 19.3 Å². The first-order valence-corrected chi connectivity index (χ1v) is 9.73. The first-order chi connectivity index (χ1) is 9.23. The third-order valence-electron chi connectivity index (χ3n) is 4.06. The lowest BCUT2D eigenvalue weighted by molar-refractivity contribution is 0.0691. The molecule has 5 heteroatoms. The van der Waals surface area contributed by atoms with E-state index in [2.05, 4.69) is 0 Å². The molecule has 0 aromatic rings. The lowest BCUT2D eigenvalue weighted by Crippen LogP contribution is -2.46. The van der Waals surface area contributed by atoms with Gasteiger partial charge in [-0.05, 0) is 52.4 Å². The van der Waals surface area contributed by atoms with Crippen LogP contribution in [0.25, 0.3) is 0 Å². The van der Waals surface area contributed by atoms with E-state index in [1.807, 2.05) is 20.8 Å². The van der Waals surface area contributed by atoms with E-state index in [0.29, 0.717) is 32.0 Å². The van der Waals surface area contributed by atoms with E-state index < -0.39 is 8.80 Å². The van der Waals surface area contributed by atoms with Gasteiger partial charge >= 0.3 is 8.80 Å². The summed E-state index contributed by atoms with van der Waals surface area (Å²) in [7, 11) is -2.43. The Balaban J connectivity index is 1.82. The summed E-state index contributed by atoms with van der Waals surface area (Å²) in [4.78, 5) is 0. The third kappa shape index (κ3) is 4.26. The van der Waals surface area contributed by atoms with Gasteiger partial charge in [0.15, 0.2) is 0 Å². The fourth-order valence-electron chi connectivity index (χ4n) is 3.13. The molecule has 0 spiro atoms. The Morgan fingerprint density at radius 3 is 2.11 bits per heavy atom. The molecule has 0 aromatic carbocycles. The lowest BCUT2D eigenvalue weighted by Gasteiger charge is -2.30. The van der Waals surface area contributed by atoms with Crippen LogP contribution in [0.5, 0.6) is 0 Å². The van der Waals surface area contributed by atoms with Gasteiger partial charge in [-0.1, -0.05) is 0 Å². The second kappa shape index (κ2) is 7.18. The van der Waals surface area contributed by atoms with E-state index >= 15 is 0 Å². The van der Waals surface area contributed by atoms with E-state index in [0.717, 1.165) is 18.4 Å². The minimum absolute atomic E-state index is 0.557. The predicted molar refractivity (Wildman–Crippen MR) is 76.1 cm³/mol. The maximum absolute atomic E-state index is 5.90. The van der Waals surface area contributed by atoms with Crippen LogP contribution in [0, 0.1) is 5.92 Å². The minimum atomic E-state index is -2.43. The highest BCUT2D eigenvalue weighted by molar-refractivity contribution is 6.60. The largest absolute Gasteiger partial charge is 0.500 e. The molecule has 0 unspecified atom stereocenters. The summed E-state index contributed by atoms with van der Waals surface area (Å²) in [6.45, 7) is 8.06. The third-order valence-corrected chi connectivity index (χ3v) is 7.15. The highest BCUT2D eigenvalue weighted by atomic mass is 28.4. The standard InChI is InChI=1S/C14H28O4Si/c1-4-15-19(16-5-2,17-6-3)10-9-12-7-8-13-14(11-12)18-13/h12-14H,4-11H2,1-3H3/t12-,13+,14+/m0/s1. The molecule has 1 heterocycles. The Kier molecular flexibility index (Phi) is 5.83. The zero-order valence-corrected chi connectivity index (χ0v) is 13.5. The van der Waals surface area contributed by atoms with Crippen LogP contribution < -0.4 is 0 Å². The van der Waals surface area contributed by atoms with Gasteiger partial charge < -0.3 is 18.0 Å². The van der Waals surface area contributed by atoms with Gasteiger partial charge in [0, 0.05) is 25.9 Å². The molecule has 2 aliphatic rings. The van der Waals surface area contributed by atoms with Crippen LogP contribution >= 0.6 is 0 Å². The maximum Gasteiger partial charge on any atom is 0.500 e. The molecule has 0 radical (unpaired) electrons. The average Bonchev–Trinajstić information content (AvgIpc) is 3.16. The van der Waals surface area contributed by atoms with Crippen molar-refractivity contribution in [2.24, 2.45) is 5.92 Å². The lowest BCUT2D eigenvalue weighted by atomic mass is 9.88. The molecule has 0 amide bonds. The SMILES string of the molecule is CCO[Si](CC[C@@H]1CC[C@H]2O[C@@H]2C1)(OCC)OCC. The van der Waals surface area contributed by atoms with Crippen molar-refractivity contribution in [3.8, 4) is 0 Å². The molecule has 0 N–H and O–H groups in total. The van der Waals surface area contributed by atoms with Gasteiger partial charge in [-0.15, -0.1) is 0 Å². The molecule has 0 aromatic heterocycles. The average molecular weight is 288 g/mol. The van der Waals surface area contributed by atoms with Crippen LogP contribution in [-0.4, -0.2) is 40.8 Å². The van der Waals surface area contributed by atoms with Gasteiger partial charge in [0.25, 0.3) is 0 Å². The molecule has 4 nitrogen and oxygen atoms in total. The van der Waals surface area contributed by atoms with Crippen LogP contribution in [-0.2, 0) is 18.0 Å². The molecule has 112 valence electrons. The zero-order valence-electron chi connectivity index (χ0n) is 12.5. The number of hydrogen-bond acceptors (Lipinski definition) is 4. The second-order valence-corrected chi connectivity index (χ2v) is 8.14. The molecule has 1 aliphatic heterocycles. The number of epoxide rings is 1. The molecule has 2 fully saturated rings. The van der Waals surface area contributed by atoms with Crippen molar-refractivity contribution in [1.82, 2.24) is 0 Å². The van der Waals surface area contributed by atoms with Gasteiger partial charge in [-0.2, -0.15) is 0 Å². The van der Waals surface area contributed by atoms with Crippen molar-refractivity contribution >= 4 is 8.80 Å². The van der Waals surface area contributed by atoms with Crippen LogP contribution in [0.1, 0.15) is 46.5 Å².